The number of carbonyl (C=O) groups excluding carboxylic acids is 1. The van der Waals surface area contributed by atoms with Gasteiger partial charge in [-0.25, -0.2) is 0 Å². The van der Waals surface area contributed by atoms with Crippen LogP contribution in [0.5, 0.6) is 0 Å². The minimum absolute atomic E-state index is 0.141. The van der Waals surface area contributed by atoms with Crippen molar-refractivity contribution in [2.75, 3.05) is 20.6 Å². The molecule has 2 heteroatoms. The van der Waals surface area contributed by atoms with Gasteiger partial charge in [-0.2, -0.15) is 0 Å². The molecule has 0 aliphatic rings. The Kier molecular flexibility index (Phi) is 4.34. The van der Waals surface area contributed by atoms with Gasteiger partial charge < -0.3 is 9.69 Å². The van der Waals surface area contributed by atoms with Crippen LogP contribution in [0.1, 0.15) is 26.7 Å². The van der Waals surface area contributed by atoms with Crippen molar-refractivity contribution in [3.05, 3.63) is 0 Å². The molecular weight excluding hydrogens is 138 g/mol. The van der Waals surface area contributed by atoms with Crippen LogP contribution in [-0.4, -0.2) is 31.8 Å². The molecule has 0 saturated heterocycles. The van der Waals surface area contributed by atoms with Crippen LogP contribution in [0.3, 0.4) is 0 Å². The van der Waals surface area contributed by atoms with E-state index in [4.69, 9.17) is 0 Å². The third-order valence-electron chi connectivity index (χ3n) is 1.78. The summed E-state index contributed by atoms with van der Waals surface area (Å²) in [5, 5.41) is 0. The highest BCUT2D eigenvalue weighted by molar-refractivity contribution is 5.58. The molecule has 2 nitrogen and oxygen atoms in total. The number of hydrogen-bond donors (Lipinski definition) is 0. The van der Waals surface area contributed by atoms with Crippen molar-refractivity contribution < 1.29 is 4.79 Å². The first-order chi connectivity index (χ1) is 5.04. The van der Waals surface area contributed by atoms with Crippen LogP contribution in [0.25, 0.3) is 0 Å². The van der Waals surface area contributed by atoms with Crippen molar-refractivity contribution in [3.63, 3.8) is 0 Å². The molecule has 0 unspecified atom stereocenters. The van der Waals surface area contributed by atoms with E-state index in [1.54, 1.807) is 0 Å². The number of hydrogen-bond acceptors (Lipinski definition) is 2. The van der Waals surface area contributed by atoms with E-state index in [2.05, 4.69) is 11.8 Å². The zero-order valence-corrected chi connectivity index (χ0v) is 8.05. The lowest BCUT2D eigenvalue weighted by atomic mass is 9.87. The monoisotopic (exact) mass is 157 g/mol. The third kappa shape index (κ3) is 4.14. The number of nitrogens with zero attached hydrogens (tertiary/aromatic N) is 1. The Morgan fingerprint density at radius 3 is 2.27 bits per heavy atom. The van der Waals surface area contributed by atoms with Crippen LogP contribution in [0.15, 0.2) is 0 Å². The standard InChI is InChI=1S/C9H19NO/c1-5-6-9(2,8-11)7-10(3)4/h8H,5-7H2,1-4H3/t9-/m0/s1. The summed E-state index contributed by atoms with van der Waals surface area (Å²) in [5.41, 5.74) is -0.141. The Balaban J connectivity index is 3.98. The summed E-state index contributed by atoms with van der Waals surface area (Å²) < 4.78 is 0. The topological polar surface area (TPSA) is 20.3 Å². The smallest absolute Gasteiger partial charge is 0.127 e. The van der Waals surface area contributed by atoms with Gasteiger partial charge in [0, 0.05) is 12.0 Å². The molecule has 1 atom stereocenters. The van der Waals surface area contributed by atoms with E-state index in [1.165, 1.54) is 0 Å². The van der Waals surface area contributed by atoms with Crippen molar-refractivity contribution >= 4 is 6.29 Å². The van der Waals surface area contributed by atoms with Gasteiger partial charge in [0.25, 0.3) is 0 Å². The molecule has 0 spiro atoms. The Morgan fingerprint density at radius 2 is 2.00 bits per heavy atom. The predicted octanol–water partition coefficient (Wildman–Crippen LogP) is 1.55. The second kappa shape index (κ2) is 4.50. The number of carbonyl (C=O) groups is 1. The van der Waals surface area contributed by atoms with E-state index in [0.717, 1.165) is 25.7 Å². The molecule has 66 valence electrons. The zero-order chi connectivity index (χ0) is 8.91. The van der Waals surface area contributed by atoms with Crippen LogP contribution in [-0.2, 0) is 4.79 Å². The summed E-state index contributed by atoms with van der Waals surface area (Å²) in [6, 6.07) is 0. The second-order valence-corrected chi connectivity index (χ2v) is 3.76. The summed E-state index contributed by atoms with van der Waals surface area (Å²) in [4.78, 5) is 12.8. The fourth-order valence-corrected chi connectivity index (χ4v) is 1.47. The first-order valence-electron chi connectivity index (χ1n) is 4.15. The minimum atomic E-state index is -0.141. The maximum absolute atomic E-state index is 10.7. The van der Waals surface area contributed by atoms with Crippen LogP contribution < -0.4 is 0 Å². The van der Waals surface area contributed by atoms with Gasteiger partial charge in [-0.1, -0.05) is 20.3 Å². The first-order valence-corrected chi connectivity index (χ1v) is 4.15. The van der Waals surface area contributed by atoms with Gasteiger partial charge in [0.05, 0.1) is 0 Å². The largest absolute Gasteiger partial charge is 0.308 e. The third-order valence-corrected chi connectivity index (χ3v) is 1.78. The van der Waals surface area contributed by atoms with Gasteiger partial charge in [-0.3, -0.25) is 0 Å². The molecule has 0 amide bonds. The van der Waals surface area contributed by atoms with E-state index in [9.17, 15) is 4.79 Å². The van der Waals surface area contributed by atoms with Gasteiger partial charge in [0.2, 0.25) is 0 Å². The molecule has 0 aromatic carbocycles. The Bertz CT molecular complexity index is 123. The van der Waals surface area contributed by atoms with Crippen LogP contribution in [0.4, 0.5) is 0 Å². The molecule has 0 aliphatic carbocycles. The molecule has 0 aromatic heterocycles. The highest BCUT2D eigenvalue weighted by Gasteiger charge is 2.22. The molecule has 0 fully saturated rings. The highest BCUT2D eigenvalue weighted by atomic mass is 16.1. The summed E-state index contributed by atoms with van der Waals surface area (Å²) in [6.45, 7) is 4.98. The van der Waals surface area contributed by atoms with Crippen LogP contribution in [0, 0.1) is 5.41 Å². The molecule has 11 heavy (non-hydrogen) atoms. The lowest BCUT2D eigenvalue weighted by Crippen LogP contribution is -2.32. The summed E-state index contributed by atoms with van der Waals surface area (Å²) in [6.07, 6.45) is 3.13. The second-order valence-electron chi connectivity index (χ2n) is 3.76. The van der Waals surface area contributed by atoms with E-state index >= 15 is 0 Å². The van der Waals surface area contributed by atoms with Crippen molar-refractivity contribution in [3.8, 4) is 0 Å². The van der Waals surface area contributed by atoms with Crippen molar-refractivity contribution in [2.24, 2.45) is 5.41 Å². The molecule has 0 aromatic rings. The molecule has 0 bridgehead atoms. The van der Waals surface area contributed by atoms with Crippen molar-refractivity contribution in [1.29, 1.82) is 0 Å². The van der Waals surface area contributed by atoms with E-state index in [1.807, 2.05) is 21.0 Å². The van der Waals surface area contributed by atoms with Crippen molar-refractivity contribution in [1.82, 2.24) is 4.90 Å². The molecule has 0 rings (SSSR count). The summed E-state index contributed by atoms with van der Waals surface area (Å²) in [7, 11) is 3.99. The van der Waals surface area contributed by atoms with Crippen molar-refractivity contribution in [2.45, 2.75) is 26.7 Å². The van der Waals surface area contributed by atoms with Gasteiger partial charge in [0.1, 0.15) is 6.29 Å². The van der Waals surface area contributed by atoms with E-state index < -0.39 is 0 Å². The van der Waals surface area contributed by atoms with Gasteiger partial charge >= 0.3 is 0 Å². The molecule has 0 N–H and O–H groups in total. The normalized spacial score (nSPS) is 16.5. The Labute approximate surface area is 69.6 Å². The molecule has 0 saturated carbocycles. The van der Waals surface area contributed by atoms with Crippen LogP contribution in [0.2, 0.25) is 0 Å². The summed E-state index contributed by atoms with van der Waals surface area (Å²) in [5.74, 6) is 0. The maximum atomic E-state index is 10.7. The number of rotatable bonds is 5. The quantitative estimate of drug-likeness (QED) is 0.564. The Hall–Kier alpha value is -0.370. The molecule has 0 aliphatic heterocycles. The van der Waals surface area contributed by atoms with E-state index in [0.29, 0.717) is 0 Å². The average Bonchev–Trinajstić information content (AvgIpc) is 1.87. The van der Waals surface area contributed by atoms with E-state index in [-0.39, 0.29) is 5.41 Å². The molecule has 0 heterocycles. The van der Waals surface area contributed by atoms with Gasteiger partial charge in [-0.15, -0.1) is 0 Å². The lowest BCUT2D eigenvalue weighted by molar-refractivity contribution is -0.116. The van der Waals surface area contributed by atoms with Gasteiger partial charge in [0.15, 0.2) is 0 Å². The fourth-order valence-electron chi connectivity index (χ4n) is 1.47. The number of aldehydes is 1. The van der Waals surface area contributed by atoms with Crippen LogP contribution >= 0.6 is 0 Å². The molecule has 0 radical (unpaired) electrons. The average molecular weight is 157 g/mol. The Morgan fingerprint density at radius 1 is 1.45 bits per heavy atom. The zero-order valence-electron chi connectivity index (χ0n) is 8.05. The first kappa shape index (κ1) is 10.6. The predicted molar refractivity (Wildman–Crippen MR) is 47.6 cm³/mol. The minimum Gasteiger partial charge on any atom is -0.308 e. The van der Waals surface area contributed by atoms with Gasteiger partial charge in [-0.05, 0) is 20.5 Å². The molecular formula is C9H19NO. The lowest BCUT2D eigenvalue weighted by Gasteiger charge is -2.25. The fraction of sp³-hybridized carbons (Fsp3) is 0.889. The maximum Gasteiger partial charge on any atom is 0.127 e. The SMILES string of the molecule is CCC[C@](C)(C=O)CN(C)C. The summed E-state index contributed by atoms with van der Waals surface area (Å²) >= 11 is 0. The highest BCUT2D eigenvalue weighted by Crippen LogP contribution is 2.20.